The summed E-state index contributed by atoms with van der Waals surface area (Å²) in [6.45, 7) is 4.50. The maximum absolute atomic E-state index is 8.88. The molecule has 6 rings (SSSR count). The molecule has 0 unspecified atom stereocenters. The third-order valence-electron chi connectivity index (χ3n) is 11.8. The highest BCUT2D eigenvalue weighted by molar-refractivity contribution is 5.33. The van der Waals surface area contributed by atoms with E-state index >= 15 is 0 Å². The monoisotopic (exact) mass is 676 g/mol. The van der Waals surface area contributed by atoms with Crippen LogP contribution >= 0.6 is 0 Å². The fourth-order valence-corrected chi connectivity index (χ4v) is 8.38. The normalized spacial score (nSPS) is 20.0. The summed E-state index contributed by atoms with van der Waals surface area (Å²) in [6, 6.07) is 39.5. The molecule has 0 saturated heterocycles. The van der Waals surface area contributed by atoms with Crippen LogP contribution in [0.15, 0.2) is 97.1 Å². The van der Waals surface area contributed by atoms with Crippen LogP contribution in [0.4, 0.5) is 0 Å². The molecule has 0 radical (unpaired) electrons. The number of rotatable bonds is 13. The van der Waals surface area contributed by atoms with E-state index in [0.29, 0.717) is 0 Å². The van der Waals surface area contributed by atoms with Crippen LogP contribution in [0.1, 0.15) is 154 Å². The Hall–Kier alpha value is -4.14. The minimum absolute atomic E-state index is 0.759. The Bertz CT molecular complexity index is 1640. The van der Waals surface area contributed by atoms with Crippen LogP contribution in [0, 0.1) is 34.5 Å². The lowest BCUT2D eigenvalue weighted by atomic mass is 9.77. The molecule has 0 aliphatic heterocycles. The number of benzene rings is 4. The molecule has 2 aliphatic rings. The molecule has 0 spiro atoms. The average Bonchev–Trinajstić information content (AvgIpc) is 3.20. The highest BCUT2D eigenvalue weighted by Crippen LogP contribution is 2.39. The van der Waals surface area contributed by atoms with E-state index < -0.39 is 0 Å². The van der Waals surface area contributed by atoms with Crippen molar-refractivity contribution < 1.29 is 0 Å². The molecular formula is C49H60N2. The van der Waals surface area contributed by atoms with Gasteiger partial charge in [-0.15, -0.1) is 0 Å². The summed E-state index contributed by atoms with van der Waals surface area (Å²) in [7, 11) is 0. The Kier molecular flexibility index (Phi) is 15.4. The topological polar surface area (TPSA) is 47.6 Å². The average molecular weight is 677 g/mol. The second-order valence-electron chi connectivity index (χ2n) is 15.5. The molecule has 4 aromatic carbocycles. The number of unbranched alkanes of at least 4 members (excludes halogenated alkanes) is 1. The van der Waals surface area contributed by atoms with E-state index in [1.807, 2.05) is 24.3 Å². The molecule has 2 saturated carbocycles. The van der Waals surface area contributed by atoms with Crippen LogP contribution in [0.2, 0.25) is 0 Å². The van der Waals surface area contributed by atoms with Gasteiger partial charge < -0.3 is 0 Å². The summed E-state index contributed by atoms with van der Waals surface area (Å²) in [6.07, 6.45) is 21.9. The van der Waals surface area contributed by atoms with E-state index in [1.54, 1.807) is 11.1 Å². The molecule has 2 fully saturated rings. The van der Waals surface area contributed by atoms with Crippen molar-refractivity contribution in [3.63, 3.8) is 0 Å². The van der Waals surface area contributed by atoms with Gasteiger partial charge in [0.25, 0.3) is 0 Å². The molecule has 0 aromatic heterocycles. The molecule has 0 atom stereocenters. The highest BCUT2D eigenvalue weighted by Gasteiger charge is 2.23. The van der Waals surface area contributed by atoms with Crippen LogP contribution in [0.5, 0.6) is 0 Å². The van der Waals surface area contributed by atoms with Crippen molar-refractivity contribution in [2.45, 2.75) is 135 Å². The van der Waals surface area contributed by atoms with E-state index in [1.165, 1.54) is 119 Å². The summed E-state index contributed by atoms with van der Waals surface area (Å²) in [5.74, 6) is 3.26. The minimum atomic E-state index is 0.759. The molecule has 0 N–H and O–H groups in total. The van der Waals surface area contributed by atoms with Gasteiger partial charge in [0, 0.05) is 0 Å². The van der Waals surface area contributed by atoms with Gasteiger partial charge in [0.1, 0.15) is 0 Å². The van der Waals surface area contributed by atoms with Crippen molar-refractivity contribution in [1.29, 1.82) is 10.5 Å². The van der Waals surface area contributed by atoms with E-state index in [-0.39, 0.29) is 0 Å². The van der Waals surface area contributed by atoms with Crippen molar-refractivity contribution >= 4 is 0 Å². The largest absolute Gasteiger partial charge is 0.192 e. The number of hydrogen-bond acceptors (Lipinski definition) is 2. The Balaban J connectivity index is 0.000000198. The molecule has 2 nitrogen and oxygen atoms in total. The van der Waals surface area contributed by atoms with Gasteiger partial charge in [-0.1, -0.05) is 99.5 Å². The molecular weight excluding hydrogens is 617 g/mol. The maximum atomic E-state index is 8.88. The van der Waals surface area contributed by atoms with Gasteiger partial charge >= 0.3 is 0 Å². The Morgan fingerprint density at radius 3 is 1.14 bits per heavy atom. The number of aryl methyl sites for hydroxylation is 4. The van der Waals surface area contributed by atoms with E-state index in [9.17, 15) is 0 Å². The quantitative estimate of drug-likeness (QED) is 0.141. The van der Waals surface area contributed by atoms with Crippen molar-refractivity contribution in [1.82, 2.24) is 0 Å². The molecule has 2 heteroatoms. The van der Waals surface area contributed by atoms with Gasteiger partial charge in [-0.3, -0.25) is 0 Å². The standard InChI is InChI=1S/C25H31N.C24H29N/c1-2-3-4-20-11-15-24(16-12-20)25-17-13-22(14-18-25)6-5-21-7-9-23(19-26)10-8-21;1-2-3-19-10-14-23(15-11-19)24-16-12-21(13-17-24)5-4-20-6-8-22(18-25)9-7-20/h7-12,15-16,22,25H,2-6,13-14,17-18H2,1H3;6-11,14-15,21,24H,2-5,12-13,16-17H2,1H3/t22-,25-;21-,24-. The first-order valence-corrected chi connectivity index (χ1v) is 20.2. The van der Waals surface area contributed by atoms with Crippen molar-refractivity contribution in [3.8, 4) is 12.1 Å². The Morgan fingerprint density at radius 2 is 0.784 bits per heavy atom. The summed E-state index contributed by atoms with van der Waals surface area (Å²) < 4.78 is 0. The lowest BCUT2D eigenvalue weighted by Crippen LogP contribution is -2.14. The number of nitrogens with zero attached hydrogens (tertiary/aromatic N) is 2. The van der Waals surface area contributed by atoms with Gasteiger partial charge in [-0.2, -0.15) is 10.5 Å². The summed E-state index contributed by atoms with van der Waals surface area (Å²) >= 11 is 0. The predicted octanol–water partition coefficient (Wildman–Crippen LogP) is 13.2. The van der Waals surface area contributed by atoms with Gasteiger partial charge in [0.2, 0.25) is 0 Å². The number of nitriles is 2. The second-order valence-corrected chi connectivity index (χ2v) is 15.5. The summed E-state index contributed by atoms with van der Waals surface area (Å²) in [5, 5.41) is 17.8. The molecule has 0 heterocycles. The first-order valence-electron chi connectivity index (χ1n) is 20.2. The lowest BCUT2D eigenvalue weighted by Gasteiger charge is -2.29. The zero-order valence-electron chi connectivity index (χ0n) is 31.5. The molecule has 51 heavy (non-hydrogen) atoms. The Labute approximate surface area is 310 Å². The van der Waals surface area contributed by atoms with Crippen LogP contribution in [0.25, 0.3) is 0 Å². The number of hydrogen-bond donors (Lipinski definition) is 0. The smallest absolute Gasteiger partial charge is 0.0991 e. The van der Waals surface area contributed by atoms with Crippen molar-refractivity contribution in [3.05, 3.63) is 142 Å². The molecule has 2 aliphatic carbocycles. The zero-order valence-corrected chi connectivity index (χ0v) is 31.5. The van der Waals surface area contributed by atoms with Gasteiger partial charge in [-0.25, -0.2) is 0 Å². The zero-order chi connectivity index (χ0) is 35.7. The van der Waals surface area contributed by atoms with Crippen LogP contribution in [0.3, 0.4) is 0 Å². The van der Waals surface area contributed by atoms with Crippen molar-refractivity contribution in [2.75, 3.05) is 0 Å². The first-order chi connectivity index (χ1) is 25.1. The van der Waals surface area contributed by atoms with Gasteiger partial charge in [0.05, 0.1) is 23.3 Å². The first kappa shape index (κ1) is 38.1. The maximum Gasteiger partial charge on any atom is 0.0991 e. The predicted molar refractivity (Wildman–Crippen MR) is 214 cm³/mol. The lowest BCUT2D eigenvalue weighted by molar-refractivity contribution is 0.310. The fraction of sp³-hybridized carbons (Fsp3) is 0.469. The van der Waals surface area contributed by atoms with Crippen molar-refractivity contribution in [2.24, 2.45) is 11.8 Å². The second kappa shape index (κ2) is 20.6. The van der Waals surface area contributed by atoms with E-state index in [0.717, 1.165) is 47.6 Å². The summed E-state index contributed by atoms with van der Waals surface area (Å²) in [4.78, 5) is 0. The highest BCUT2D eigenvalue weighted by atomic mass is 14.3. The fourth-order valence-electron chi connectivity index (χ4n) is 8.38. The van der Waals surface area contributed by atoms with E-state index in [2.05, 4.69) is 98.8 Å². The molecule has 266 valence electrons. The molecule has 0 amide bonds. The van der Waals surface area contributed by atoms with Crippen LogP contribution in [-0.4, -0.2) is 0 Å². The summed E-state index contributed by atoms with van der Waals surface area (Å²) in [5.41, 5.74) is 10.3. The van der Waals surface area contributed by atoms with Crippen LogP contribution < -0.4 is 0 Å². The minimum Gasteiger partial charge on any atom is -0.192 e. The Morgan fingerprint density at radius 1 is 0.431 bits per heavy atom. The van der Waals surface area contributed by atoms with E-state index in [4.69, 9.17) is 10.5 Å². The molecule has 4 aromatic rings. The SMILES string of the molecule is CCCCc1ccc([C@H]2CC[C@H](CCc3ccc(C#N)cc3)CC2)cc1.CCCc1ccc([C@H]2CC[C@H](CCc3ccc(C#N)cc3)CC2)cc1. The van der Waals surface area contributed by atoms with Gasteiger partial charge in [0.15, 0.2) is 0 Å². The third kappa shape index (κ3) is 12.3. The molecule has 0 bridgehead atoms. The third-order valence-corrected chi connectivity index (χ3v) is 11.8. The van der Waals surface area contributed by atoms with Crippen LogP contribution in [-0.2, 0) is 25.7 Å². The van der Waals surface area contributed by atoms with Gasteiger partial charge in [-0.05, 0) is 178 Å².